The second-order valence-corrected chi connectivity index (χ2v) is 4.47. The Hall–Kier alpha value is -1.98. The number of halogens is 1. The first-order valence-electron chi connectivity index (χ1n) is 5.68. The van der Waals surface area contributed by atoms with Gasteiger partial charge in [0.25, 0.3) is 5.91 Å². The van der Waals surface area contributed by atoms with Crippen LogP contribution in [-0.2, 0) is 4.79 Å². The highest BCUT2D eigenvalue weighted by atomic mass is 19.1. The summed E-state index contributed by atoms with van der Waals surface area (Å²) in [5, 5.41) is 11.6. The van der Waals surface area contributed by atoms with Gasteiger partial charge in [-0.05, 0) is 25.0 Å². The van der Waals surface area contributed by atoms with Gasteiger partial charge in [0.05, 0.1) is 5.41 Å². The first-order chi connectivity index (χ1) is 8.53. The molecule has 2 rings (SSSR count). The number of nitrogens with zero attached hydrogens (tertiary/aromatic N) is 1. The van der Waals surface area contributed by atoms with Gasteiger partial charge in [0.15, 0.2) is 0 Å². The van der Waals surface area contributed by atoms with Crippen LogP contribution in [0.2, 0.25) is 0 Å². The number of aliphatic carboxylic acids is 1. The predicted molar refractivity (Wildman–Crippen MR) is 60.4 cm³/mol. The third-order valence-electron chi connectivity index (χ3n) is 3.30. The maximum absolute atomic E-state index is 12.8. The van der Waals surface area contributed by atoms with Crippen molar-refractivity contribution in [1.82, 2.24) is 10.3 Å². The van der Waals surface area contributed by atoms with Crippen LogP contribution in [0, 0.1) is 11.4 Å². The van der Waals surface area contributed by atoms with Gasteiger partial charge >= 0.3 is 5.97 Å². The van der Waals surface area contributed by atoms with Crippen molar-refractivity contribution in [1.29, 1.82) is 0 Å². The number of aromatic nitrogens is 1. The number of pyridine rings is 1. The van der Waals surface area contributed by atoms with Gasteiger partial charge in [-0.2, -0.15) is 4.39 Å². The lowest BCUT2D eigenvalue weighted by atomic mass is 9.69. The van der Waals surface area contributed by atoms with Gasteiger partial charge in [0, 0.05) is 6.54 Å². The number of carboxylic acids is 1. The fourth-order valence-corrected chi connectivity index (χ4v) is 1.94. The summed E-state index contributed by atoms with van der Waals surface area (Å²) in [6.45, 7) is 0.0549. The van der Waals surface area contributed by atoms with Crippen LogP contribution in [0.15, 0.2) is 18.2 Å². The molecule has 18 heavy (non-hydrogen) atoms. The molecule has 0 bridgehead atoms. The third-order valence-corrected chi connectivity index (χ3v) is 3.30. The molecule has 96 valence electrons. The molecule has 1 aliphatic rings. The van der Waals surface area contributed by atoms with E-state index in [2.05, 4.69) is 10.3 Å². The van der Waals surface area contributed by atoms with Gasteiger partial charge in [-0.25, -0.2) is 4.98 Å². The zero-order chi connectivity index (χ0) is 13.2. The van der Waals surface area contributed by atoms with Crippen LogP contribution in [0.4, 0.5) is 4.39 Å². The largest absolute Gasteiger partial charge is 0.481 e. The minimum Gasteiger partial charge on any atom is -0.481 e. The van der Waals surface area contributed by atoms with E-state index in [1.807, 2.05) is 0 Å². The number of carbonyl (C=O) groups is 2. The highest BCUT2D eigenvalue weighted by molar-refractivity contribution is 5.92. The number of amides is 1. The van der Waals surface area contributed by atoms with E-state index in [-0.39, 0.29) is 12.2 Å². The molecule has 0 aromatic carbocycles. The van der Waals surface area contributed by atoms with Gasteiger partial charge in [-0.1, -0.05) is 12.5 Å². The molecule has 0 saturated heterocycles. The predicted octanol–water partition coefficient (Wildman–Crippen LogP) is 1.21. The van der Waals surface area contributed by atoms with Crippen molar-refractivity contribution in [2.45, 2.75) is 19.3 Å². The second kappa shape index (κ2) is 4.72. The molecule has 2 N–H and O–H groups in total. The lowest BCUT2D eigenvalue weighted by molar-refractivity contribution is -0.153. The molecule has 1 saturated carbocycles. The van der Waals surface area contributed by atoms with E-state index in [1.54, 1.807) is 0 Å². The van der Waals surface area contributed by atoms with E-state index in [0.29, 0.717) is 12.8 Å². The Morgan fingerprint density at radius 3 is 2.67 bits per heavy atom. The topological polar surface area (TPSA) is 79.3 Å². The van der Waals surface area contributed by atoms with Crippen LogP contribution >= 0.6 is 0 Å². The minimum absolute atomic E-state index is 0.0464. The highest BCUT2D eigenvalue weighted by Gasteiger charge is 2.44. The summed E-state index contributed by atoms with van der Waals surface area (Å²) in [7, 11) is 0. The highest BCUT2D eigenvalue weighted by Crippen LogP contribution is 2.40. The Balaban J connectivity index is 1.98. The fraction of sp³-hybridized carbons (Fsp3) is 0.417. The average Bonchev–Trinajstić information content (AvgIpc) is 2.26. The molecule has 1 aliphatic carbocycles. The molecule has 0 radical (unpaired) electrons. The molecule has 0 aliphatic heterocycles. The normalized spacial score (nSPS) is 16.7. The summed E-state index contributed by atoms with van der Waals surface area (Å²) >= 11 is 0. The number of hydrogen-bond acceptors (Lipinski definition) is 3. The summed E-state index contributed by atoms with van der Waals surface area (Å²) in [4.78, 5) is 26.2. The number of carbonyl (C=O) groups excluding carboxylic acids is 1. The van der Waals surface area contributed by atoms with E-state index in [4.69, 9.17) is 5.11 Å². The van der Waals surface area contributed by atoms with Crippen molar-refractivity contribution >= 4 is 11.9 Å². The lowest BCUT2D eigenvalue weighted by Gasteiger charge is -2.37. The molecule has 1 aromatic rings. The number of carboxylic acid groups (broad SMARTS) is 1. The molecule has 1 fully saturated rings. The summed E-state index contributed by atoms with van der Waals surface area (Å²) in [6, 6.07) is 3.90. The van der Waals surface area contributed by atoms with E-state index < -0.39 is 23.2 Å². The first-order valence-corrected chi connectivity index (χ1v) is 5.68. The molecule has 1 aromatic heterocycles. The maximum atomic E-state index is 12.8. The molecule has 6 heteroatoms. The van der Waals surface area contributed by atoms with Crippen LogP contribution in [-0.4, -0.2) is 28.5 Å². The van der Waals surface area contributed by atoms with Gasteiger partial charge in [-0.3, -0.25) is 9.59 Å². The number of nitrogens with one attached hydrogen (secondary N) is 1. The van der Waals surface area contributed by atoms with Gasteiger partial charge in [0.1, 0.15) is 5.69 Å². The van der Waals surface area contributed by atoms with Crippen molar-refractivity contribution in [3.63, 3.8) is 0 Å². The van der Waals surface area contributed by atoms with Crippen molar-refractivity contribution < 1.29 is 19.1 Å². The molecule has 5 nitrogen and oxygen atoms in total. The van der Waals surface area contributed by atoms with Crippen LogP contribution < -0.4 is 5.32 Å². The van der Waals surface area contributed by atoms with Crippen molar-refractivity contribution in [2.24, 2.45) is 5.41 Å². The van der Waals surface area contributed by atoms with Crippen LogP contribution in [0.3, 0.4) is 0 Å². The number of hydrogen-bond donors (Lipinski definition) is 2. The van der Waals surface area contributed by atoms with Gasteiger partial charge in [-0.15, -0.1) is 0 Å². The lowest BCUT2D eigenvalue weighted by Crippen LogP contribution is -2.47. The van der Waals surface area contributed by atoms with Crippen molar-refractivity contribution in [3.8, 4) is 0 Å². The quantitative estimate of drug-likeness (QED) is 0.789. The molecular formula is C12H13FN2O3. The maximum Gasteiger partial charge on any atom is 0.311 e. The molecule has 0 spiro atoms. The molecule has 0 atom stereocenters. The zero-order valence-corrected chi connectivity index (χ0v) is 9.65. The zero-order valence-electron chi connectivity index (χ0n) is 9.65. The van der Waals surface area contributed by atoms with E-state index >= 15 is 0 Å². The Kier molecular flexibility index (Phi) is 3.27. The van der Waals surface area contributed by atoms with Crippen molar-refractivity contribution in [3.05, 3.63) is 29.8 Å². The minimum atomic E-state index is -0.902. The smallest absolute Gasteiger partial charge is 0.311 e. The second-order valence-electron chi connectivity index (χ2n) is 4.47. The van der Waals surface area contributed by atoms with Crippen LogP contribution in [0.5, 0.6) is 0 Å². The van der Waals surface area contributed by atoms with Gasteiger partial charge in [0.2, 0.25) is 5.95 Å². The number of rotatable bonds is 4. The molecule has 1 amide bonds. The SMILES string of the molecule is O=C(NCC1(C(=O)O)CCC1)c1cccc(F)n1. The summed E-state index contributed by atoms with van der Waals surface area (Å²) in [5.74, 6) is -2.19. The average molecular weight is 252 g/mol. The van der Waals surface area contributed by atoms with E-state index in [9.17, 15) is 14.0 Å². The van der Waals surface area contributed by atoms with Crippen LogP contribution in [0.1, 0.15) is 29.8 Å². The standard InChI is InChI=1S/C12H13FN2O3/c13-9-4-1-3-8(15-9)10(16)14-7-12(11(17)18)5-2-6-12/h1,3-4H,2,5-7H2,(H,14,16)(H,17,18). The van der Waals surface area contributed by atoms with Crippen molar-refractivity contribution in [2.75, 3.05) is 6.54 Å². The Morgan fingerprint density at radius 2 is 2.17 bits per heavy atom. The Morgan fingerprint density at radius 1 is 1.44 bits per heavy atom. The third kappa shape index (κ3) is 2.32. The van der Waals surface area contributed by atoms with E-state index in [1.165, 1.54) is 12.1 Å². The summed E-state index contributed by atoms with van der Waals surface area (Å²) in [6.07, 6.45) is 1.96. The monoisotopic (exact) mass is 252 g/mol. The van der Waals surface area contributed by atoms with E-state index in [0.717, 1.165) is 12.5 Å². The Bertz CT molecular complexity index is 486. The molecule has 1 heterocycles. The first kappa shape index (κ1) is 12.5. The summed E-state index contributed by atoms with van der Waals surface area (Å²) in [5.41, 5.74) is -0.905. The Labute approximate surface area is 103 Å². The van der Waals surface area contributed by atoms with Crippen LogP contribution in [0.25, 0.3) is 0 Å². The van der Waals surface area contributed by atoms with Gasteiger partial charge < -0.3 is 10.4 Å². The summed E-state index contributed by atoms with van der Waals surface area (Å²) < 4.78 is 12.8. The fourth-order valence-electron chi connectivity index (χ4n) is 1.94. The molecular weight excluding hydrogens is 239 g/mol. The molecule has 0 unspecified atom stereocenters.